The van der Waals surface area contributed by atoms with Crippen LogP contribution >= 0.6 is 11.6 Å². The molecule has 0 radical (unpaired) electrons. The Morgan fingerprint density at radius 2 is 2.00 bits per heavy atom. The molecule has 0 unspecified atom stereocenters. The van der Waals surface area contributed by atoms with E-state index in [1.54, 1.807) is 31.2 Å². The predicted octanol–water partition coefficient (Wildman–Crippen LogP) is 2.94. The second kappa shape index (κ2) is 4.69. The fourth-order valence-corrected chi connectivity index (χ4v) is 1.03. The van der Waals surface area contributed by atoms with Crippen molar-refractivity contribution < 1.29 is 4.79 Å². The van der Waals surface area contributed by atoms with Crippen LogP contribution in [0.1, 0.15) is 23.7 Å². The summed E-state index contributed by atoms with van der Waals surface area (Å²) in [6.45, 7) is 1.72. The summed E-state index contributed by atoms with van der Waals surface area (Å²) in [6.07, 6.45) is 0.276. The van der Waals surface area contributed by atoms with Crippen molar-refractivity contribution in [1.29, 1.82) is 0 Å². The lowest BCUT2D eigenvalue weighted by atomic mass is 10.1. The molecule has 0 spiro atoms. The first kappa shape index (κ1) is 9.83. The molecule has 0 aromatic heterocycles. The summed E-state index contributed by atoms with van der Waals surface area (Å²) in [6, 6.07) is 6.83. The Kier molecular flexibility index (Phi) is 3.54. The molecule has 0 saturated heterocycles. The average molecular weight is 193 g/mol. The van der Waals surface area contributed by atoms with Crippen molar-refractivity contribution in [2.24, 2.45) is 0 Å². The highest BCUT2D eigenvalue weighted by atomic mass is 35.5. The lowest BCUT2D eigenvalue weighted by molar-refractivity contribution is 0.0998. The van der Waals surface area contributed by atoms with Gasteiger partial charge in [-0.3, -0.25) is 4.79 Å². The van der Waals surface area contributed by atoms with Crippen molar-refractivity contribution in [3.05, 3.63) is 34.9 Å². The summed E-state index contributed by atoms with van der Waals surface area (Å²) in [5.74, 6) is 5.44. The molecule has 1 nitrogen and oxygen atoms in total. The molecule has 0 aliphatic rings. The Morgan fingerprint density at radius 1 is 1.38 bits per heavy atom. The van der Waals surface area contributed by atoms with Gasteiger partial charge < -0.3 is 0 Å². The Labute approximate surface area is 82.7 Å². The van der Waals surface area contributed by atoms with E-state index in [-0.39, 0.29) is 12.2 Å². The first-order valence-electron chi connectivity index (χ1n) is 3.92. The third-order valence-electron chi connectivity index (χ3n) is 1.59. The monoisotopic (exact) mass is 192 g/mol. The van der Waals surface area contributed by atoms with Gasteiger partial charge in [0.25, 0.3) is 0 Å². The van der Waals surface area contributed by atoms with Gasteiger partial charge in [0.2, 0.25) is 0 Å². The summed E-state index contributed by atoms with van der Waals surface area (Å²) in [4.78, 5) is 11.4. The normalized spacial score (nSPS) is 8.77. The van der Waals surface area contributed by atoms with Gasteiger partial charge in [0, 0.05) is 10.6 Å². The predicted molar refractivity (Wildman–Crippen MR) is 53.8 cm³/mol. The lowest BCUT2D eigenvalue weighted by Crippen LogP contribution is -1.96. The van der Waals surface area contributed by atoms with Gasteiger partial charge in [-0.15, -0.1) is 5.92 Å². The molecule has 13 heavy (non-hydrogen) atoms. The van der Waals surface area contributed by atoms with Crippen LogP contribution in [-0.2, 0) is 0 Å². The highest BCUT2D eigenvalue weighted by Crippen LogP contribution is 2.10. The van der Waals surface area contributed by atoms with Gasteiger partial charge in [0.15, 0.2) is 5.78 Å². The van der Waals surface area contributed by atoms with Crippen molar-refractivity contribution in [2.45, 2.75) is 13.3 Å². The summed E-state index contributed by atoms with van der Waals surface area (Å²) < 4.78 is 0. The second-order valence-electron chi connectivity index (χ2n) is 2.53. The van der Waals surface area contributed by atoms with Crippen molar-refractivity contribution in [3.63, 3.8) is 0 Å². The minimum Gasteiger partial charge on any atom is -0.293 e. The molecule has 66 valence electrons. The van der Waals surface area contributed by atoms with Crippen LogP contribution in [-0.4, -0.2) is 5.78 Å². The highest BCUT2D eigenvalue weighted by Gasteiger charge is 2.02. The number of carbonyl (C=O) groups is 1. The van der Waals surface area contributed by atoms with Gasteiger partial charge >= 0.3 is 0 Å². The SMILES string of the molecule is CC#CCC(=O)c1ccc(Cl)cc1. The van der Waals surface area contributed by atoms with E-state index in [0.717, 1.165) is 0 Å². The molecular formula is C11H9ClO. The largest absolute Gasteiger partial charge is 0.293 e. The van der Waals surface area contributed by atoms with Gasteiger partial charge in [0.1, 0.15) is 0 Å². The average Bonchev–Trinajstić information content (AvgIpc) is 2.15. The number of carbonyl (C=O) groups excluding carboxylic acids is 1. The van der Waals surface area contributed by atoms with Crippen molar-refractivity contribution >= 4 is 17.4 Å². The van der Waals surface area contributed by atoms with Gasteiger partial charge in [-0.05, 0) is 31.2 Å². The maximum absolute atomic E-state index is 11.4. The zero-order valence-corrected chi connectivity index (χ0v) is 8.06. The Morgan fingerprint density at radius 3 is 2.54 bits per heavy atom. The number of halogens is 1. The molecule has 0 aliphatic carbocycles. The maximum atomic E-state index is 11.4. The van der Waals surface area contributed by atoms with Crippen molar-refractivity contribution in [1.82, 2.24) is 0 Å². The molecule has 2 heteroatoms. The third-order valence-corrected chi connectivity index (χ3v) is 1.84. The van der Waals surface area contributed by atoms with E-state index in [4.69, 9.17) is 11.6 Å². The Hall–Kier alpha value is -1.26. The second-order valence-corrected chi connectivity index (χ2v) is 2.97. The molecule has 1 rings (SSSR count). The zero-order chi connectivity index (χ0) is 9.68. The minimum atomic E-state index is 0.0333. The van der Waals surface area contributed by atoms with Gasteiger partial charge in [0.05, 0.1) is 6.42 Å². The van der Waals surface area contributed by atoms with E-state index >= 15 is 0 Å². The minimum absolute atomic E-state index is 0.0333. The van der Waals surface area contributed by atoms with Crippen molar-refractivity contribution in [2.75, 3.05) is 0 Å². The molecule has 1 aromatic carbocycles. The van der Waals surface area contributed by atoms with E-state index in [1.165, 1.54) is 0 Å². The van der Waals surface area contributed by atoms with Gasteiger partial charge in [-0.25, -0.2) is 0 Å². The van der Waals surface area contributed by atoms with E-state index in [9.17, 15) is 4.79 Å². The molecule has 0 fully saturated rings. The molecule has 0 amide bonds. The summed E-state index contributed by atoms with van der Waals surface area (Å²) in [5, 5.41) is 0.637. The molecule has 1 aromatic rings. The van der Waals surface area contributed by atoms with Crippen LogP contribution in [0.15, 0.2) is 24.3 Å². The lowest BCUT2D eigenvalue weighted by Gasteiger charge is -1.95. The molecule has 0 aliphatic heterocycles. The van der Waals surface area contributed by atoms with Crippen LogP contribution in [0.3, 0.4) is 0 Å². The van der Waals surface area contributed by atoms with Crippen LogP contribution in [0.2, 0.25) is 5.02 Å². The number of hydrogen-bond donors (Lipinski definition) is 0. The standard InChI is InChI=1S/C11H9ClO/c1-2-3-4-11(13)9-5-7-10(12)8-6-9/h5-8H,4H2,1H3. The van der Waals surface area contributed by atoms with E-state index < -0.39 is 0 Å². The van der Waals surface area contributed by atoms with Crippen molar-refractivity contribution in [3.8, 4) is 11.8 Å². The van der Waals surface area contributed by atoms with Crippen LogP contribution in [0, 0.1) is 11.8 Å². The number of benzene rings is 1. The van der Waals surface area contributed by atoms with E-state index in [0.29, 0.717) is 10.6 Å². The zero-order valence-electron chi connectivity index (χ0n) is 7.30. The van der Waals surface area contributed by atoms with Gasteiger partial charge in [-0.1, -0.05) is 17.5 Å². The molecule has 0 atom stereocenters. The van der Waals surface area contributed by atoms with Crippen LogP contribution in [0.25, 0.3) is 0 Å². The Bertz CT molecular complexity index is 354. The fraction of sp³-hybridized carbons (Fsp3) is 0.182. The van der Waals surface area contributed by atoms with Gasteiger partial charge in [-0.2, -0.15) is 0 Å². The first-order valence-corrected chi connectivity index (χ1v) is 4.30. The van der Waals surface area contributed by atoms with Crippen LogP contribution in [0.5, 0.6) is 0 Å². The number of hydrogen-bond acceptors (Lipinski definition) is 1. The Balaban J connectivity index is 2.76. The molecule has 0 saturated carbocycles. The van der Waals surface area contributed by atoms with E-state index in [2.05, 4.69) is 11.8 Å². The van der Waals surface area contributed by atoms with Crippen LogP contribution < -0.4 is 0 Å². The topological polar surface area (TPSA) is 17.1 Å². The third kappa shape index (κ3) is 2.93. The smallest absolute Gasteiger partial charge is 0.174 e. The highest BCUT2D eigenvalue weighted by molar-refractivity contribution is 6.30. The summed E-state index contributed by atoms with van der Waals surface area (Å²) in [5.41, 5.74) is 0.659. The summed E-state index contributed by atoms with van der Waals surface area (Å²) >= 11 is 5.68. The molecule has 0 bridgehead atoms. The number of ketones is 1. The van der Waals surface area contributed by atoms with E-state index in [1.807, 2.05) is 0 Å². The number of Topliss-reactive ketones (excluding diaryl/α,β-unsaturated/α-hetero) is 1. The molecule has 0 N–H and O–H groups in total. The first-order chi connectivity index (χ1) is 6.24. The molecular weight excluding hydrogens is 184 g/mol. The number of rotatable bonds is 2. The summed E-state index contributed by atoms with van der Waals surface area (Å²) in [7, 11) is 0. The quantitative estimate of drug-likeness (QED) is 0.520. The fourth-order valence-electron chi connectivity index (χ4n) is 0.907. The van der Waals surface area contributed by atoms with Crippen LogP contribution in [0.4, 0.5) is 0 Å². The maximum Gasteiger partial charge on any atom is 0.174 e. The molecule has 0 heterocycles.